The number of nitrogens with zero attached hydrogens (tertiary/aromatic N) is 1. The van der Waals surface area contributed by atoms with Crippen LogP contribution in [0, 0.1) is 0 Å². The molecule has 0 spiro atoms. The van der Waals surface area contributed by atoms with E-state index >= 15 is 0 Å². The fourth-order valence-electron chi connectivity index (χ4n) is 5.58. The molecule has 12 nitrogen and oxygen atoms in total. The van der Waals surface area contributed by atoms with Crippen molar-refractivity contribution in [2.24, 2.45) is 5.73 Å². The van der Waals surface area contributed by atoms with E-state index in [1.807, 2.05) is 39.0 Å². The number of hydrogen-bond donors (Lipinski definition) is 5. The van der Waals surface area contributed by atoms with Crippen molar-refractivity contribution < 1.29 is 33.8 Å². The molecule has 0 fully saturated rings. The van der Waals surface area contributed by atoms with Gasteiger partial charge in [0.15, 0.2) is 6.10 Å². The summed E-state index contributed by atoms with van der Waals surface area (Å²) in [5.74, 6) is -2.89. The molecule has 3 aromatic rings. The lowest BCUT2D eigenvalue weighted by Gasteiger charge is -2.39. The predicted octanol–water partition coefficient (Wildman–Crippen LogP) is 2.29. The Labute approximate surface area is 280 Å². The molecule has 48 heavy (non-hydrogen) atoms. The summed E-state index contributed by atoms with van der Waals surface area (Å²) in [6, 6.07) is 21.4. The molecule has 254 valence electrons. The van der Waals surface area contributed by atoms with E-state index < -0.39 is 65.9 Å². The highest BCUT2D eigenvalue weighted by atomic mass is 16.5. The number of aliphatic hydroxyl groups is 1. The Morgan fingerprint density at radius 2 is 1.50 bits per heavy atom. The molecule has 6 N–H and O–H groups in total. The third kappa shape index (κ3) is 9.88. The summed E-state index contributed by atoms with van der Waals surface area (Å²) in [6.07, 6.45) is -2.85. The molecule has 1 aliphatic rings. The highest BCUT2D eigenvalue weighted by molar-refractivity contribution is 5.93. The fraction of sp³-hybridized carbons (Fsp3) is 0.361. The first-order valence-electron chi connectivity index (χ1n) is 15.8. The number of fused-ring (bicyclic) bond motifs is 1. The van der Waals surface area contributed by atoms with Crippen molar-refractivity contribution in [2.75, 3.05) is 6.54 Å². The number of rotatable bonds is 12. The zero-order valence-corrected chi connectivity index (χ0v) is 27.3. The monoisotopic (exact) mass is 657 g/mol. The molecule has 4 rings (SSSR count). The van der Waals surface area contributed by atoms with Crippen LogP contribution in [0.25, 0.3) is 0 Å². The summed E-state index contributed by atoms with van der Waals surface area (Å²) in [7, 11) is 0. The van der Waals surface area contributed by atoms with Gasteiger partial charge in [0.25, 0.3) is 5.91 Å². The van der Waals surface area contributed by atoms with E-state index in [0.717, 1.165) is 5.56 Å². The summed E-state index contributed by atoms with van der Waals surface area (Å²) in [6.45, 7) is 5.57. The molecule has 0 unspecified atom stereocenters. The summed E-state index contributed by atoms with van der Waals surface area (Å²) in [5, 5.41) is 19.6. The molecule has 0 aromatic heterocycles. The average Bonchev–Trinajstić information content (AvgIpc) is 3.05. The SMILES string of the molecule is CC(C)(C)NC(=O)[C@@H]1c2ccccc2CCN1C(=O)[C@@H](O)[C@H](Cc1ccccc1)NC(=O)[C@H](CC(N)=O)NC(=O)OCc1ccccc1. The zero-order valence-electron chi connectivity index (χ0n) is 27.3. The average molecular weight is 658 g/mol. The van der Waals surface area contributed by atoms with E-state index in [2.05, 4.69) is 16.0 Å². The second-order valence-electron chi connectivity index (χ2n) is 12.8. The number of benzene rings is 3. The Bertz CT molecular complexity index is 1590. The first-order chi connectivity index (χ1) is 22.8. The van der Waals surface area contributed by atoms with Gasteiger partial charge in [0, 0.05) is 12.1 Å². The van der Waals surface area contributed by atoms with Crippen LogP contribution in [0.4, 0.5) is 4.79 Å². The summed E-state index contributed by atoms with van der Waals surface area (Å²) < 4.78 is 5.22. The van der Waals surface area contributed by atoms with Crippen LogP contribution in [0.3, 0.4) is 0 Å². The highest BCUT2D eigenvalue weighted by Gasteiger charge is 2.41. The second-order valence-corrected chi connectivity index (χ2v) is 12.8. The van der Waals surface area contributed by atoms with E-state index in [0.29, 0.717) is 23.1 Å². The minimum Gasteiger partial charge on any atom is -0.445 e. The van der Waals surface area contributed by atoms with Gasteiger partial charge in [-0.05, 0) is 55.9 Å². The summed E-state index contributed by atoms with van der Waals surface area (Å²) in [4.78, 5) is 67.2. The van der Waals surface area contributed by atoms with Crippen LogP contribution in [0.2, 0.25) is 0 Å². The minimum atomic E-state index is -1.80. The number of nitrogens with two attached hydrogens (primary N) is 1. The number of ether oxygens (including phenoxy) is 1. The van der Waals surface area contributed by atoms with Crippen molar-refractivity contribution in [1.29, 1.82) is 0 Å². The molecule has 0 saturated heterocycles. The molecule has 1 aliphatic heterocycles. The number of amides is 5. The smallest absolute Gasteiger partial charge is 0.408 e. The van der Waals surface area contributed by atoms with Crippen LogP contribution in [0.5, 0.6) is 0 Å². The van der Waals surface area contributed by atoms with Crippen molar-refractivity contribution in [3.05, 3.63) is 107 Å². The Morgan fingerprint density at radius 3 is 2.12 bits per heavy atom. The van der Waals surface area contributed by atoms with Gasteiger partial charge in [-0.3, -0.25) is 19.2 Å². The maximum Gasteiger partial charge on any atom is 0.408 e. The normalized spacial score (nSPS) is 16.0. The number of nitrogens with one attached hydrogen (secondary N) is 3. The predicted molar refractivity (Wildman–Crippen MR) is 178 cm³/mol. The first-order valence-corrected chi connectivity index (χ1v) is 15.8. The van der Waals surface area contributed by atoms with Crippen LogP contribution in [0.1, 0.15) is 55.5 Å². The van der Waals surface area contributed by atoms with E-state index in [-0.39, 0.29) is 19.6 Å². The minimum absolute atomic E-state index is 0.0184. The molecular weight excluding hydrogens is 614 g/mol. The number of carbonyl (C=O) groups is 5. The first kappa shape index (κ1) is 35.6. The molecule has 5 amide bonds. The lowest BCUT2D eigenvalue weighted by molar-refractivity contribution is -0.150. The van der Waals surface area contributed by atoms with Gasteiger partial charge in [0.1, 0.15) is 18.7 Å². The summed E-state index contributed by atoms with van der Waals surface area (Å²) >= 11 is 0. The largest absolute Gasteiger partial charge is 0.445 e. The van der Waals surface area contributed by atoms with E-state index in [1.165, 1.54) is 4.90 Å². The number of hydrogen-bond acceptors (Lipinski definition) is 7. The molecule has 0 bridgehead atoms. The van der Waals surface area contributed by atoms with Crippen molar-refractivity contribution in [2.45, 2.75) is 76.4 Å². The lowest BCUT2D eigenvalue weighted by atomic mass is 9.90. The third-order valence-corrected chi connectivity index (χ3v) is 7.80. The van der Waals surface area contributed by atoms with Gasteiger partial charge >= 0.3 is 6.09 Å². The van der Waals surface area contributed by atoms with Crippen molar-refractivity contribution >= 4 is 29.7 Å². The van der Waals surface area contributed by atoms with E-state index in [4.69, 9.17) is 10.5 Å². The van der Waals surface area contributed by atoms with Gasteiger partial charge in [-0.2, -0.15) is 0 Å². The van der Waals surface area contributed by atoms with Gasteiger partial charge in [0.05, 0.1) is 12.5 Å². The lowest BCUT2D eigenvalue weighted by Crippen LogP contribution is -2.59. The van der Waals surface area contributed by atoms with Gasteiger partial charge in [0.2, 0.25) is 17.7 Å². The molecular formula is C36H43N5O7. The summed E-state index contributed by atoms with van der Waals surface area (Å²) in [5.41, 5.74) is 7.78. The highest BCUT2D eigenvalue weighted by Crippen LogP contribution is 2.31. The second kappa shape index (κ2) is 16.1. The Kier molecular flexibility index (Phi) is 11.9. The van der Waals surface area contributed by atoms with Crippen LogP contribution in [-0.4, -0.2) is 70.0 Å². The Hall–Kier alpha value is -5.23. The standard InChI is InChI=1S/C36H43N5O7/c1-36(2,3)40-33(45)30-26-17-11-10-16-25(26)18-19-41(30)34(46)31(43)27(20-23-12-6-4-7-13-23)38-32(44)28(21-29(37)42)39-35(47)48-22-24-14-8-5-9-15-24/h4-17,27-28,30-31,43H,18-22H2,1-3H3,(H2,37,42)(H,38,44)(H,39,47)(H,40,45)/t27-,28-,30-,31-/m0/s1. The van der Waals surface area contributed by atoms with Crippen LogP contribution in [-0.2, 0) is 43.4 Å². The third-order valence-electron chi connectivity index (χ3n) is 7.80. The van der Waals surface area contributed by atoms with Crippen molar-refractivity contribution in [3.8, 4) is 0 Å². The van der Waals surface area contributed by atoms with Gasteiger partial charge in [-0.1, -0.05) is 84.9 Å². The number of carbonyl (C=O) groups excluding carboxylic acids is 5. The Balaban J connectivity index is 1.57. The molecule has 3 aromatic carbocycles. The van der Waals surface area contributed by atoms with Crippen LogP contribution in [0.15, 0.2) is 84.9 Å². The number of primary amides is 1. The van der Waals surface area contributed by atoms with E-state index in [9.17, 15) is 29.1 Å². The molecule has 1 heterocycles. The Morgan fingerprint density at radius 1 is 0.896 bits per heavy atom. The number of aliphatic hydroxyl groups excluding tert-OH is 1. The van der Waals surface area contributed by atoms with Crippen LogP contribution >= 0.6 is 0 Å². The topological polar surface area (TPSA) is 180 Å². The van der Waals surface area contributed by atoms with Gasteiger partial charge in [-0.15, -0.1) is 0 Å². The molecule has 4 atom stereocenters. The van der Waals surface area contributed by atoms with E-state index in [1.54, 1.807) is 66.7 Å². The number of alkyl carbamates (subject to hydrolysis) is 1. The van der Waals surface area contributed by atoms with Gasteiger partial charge in [-0.25, -0.2) is 4.79 Å². The van der Waals surface area contributed by atoms with Crippen molar-refractivity contribution in [1.82, 2.24) is 20.9 Å². The molecule has 0 radical (unpaired) electrons. The fourth-order valence-corrected chi connectivity index (χ4v) is 5.58. The zero-order chi connectivity index (χ0) is 34.8. The maximum absolute atomic E-state index is 14.1. The molecule has 0 aliphatic carbocycles. The molecule has 0 saturated carbocycles. The van der Waals surface area contributed by atoms with Gasteiger partial charge < -0.3 is 36.4 Å². The maximum atomic E-state index is 14.1. The van der Waals surface area contributed by atoms with Crippen LogP contribution < -0.4 is 21.7 Å². The molecule has 12 heteroatoms. The van der Waals surface area contributed by atoms with Crippen molar-refractivity contribution in [3.63, 3.8) is 0 Å². The quantitative estimate of drug-likeness (QED) is 0.198.